The van der Waals surface area contributed by atoms with E-state index in [1.54, 1.807) is 18.2 Å². The van der Waals surface area contributed by atoms with Crippen molar-refractivity contribution in [2.75, 3.05) is 0 Å². The van der Waals surface area contributed by atoms with E-state index in [2.05, 4.69) is 0 Å². The zero-order chi connectivity index (χ0) is 13.7. The summed E-state index contributed by atoms with van der Waals surface area (Å²) in [5, 5.41) is 21.2. The number of hydrogen-bond acceptors (Lipinski definition) is 3. The van der Waals surface area contributed by atoms with Crippen molar-refractivity contribution in [3.8, 4) is 5.75 Å². The first-order valence-electron chi connectivity index (χ1n) is 6.17. The van der Waals surface area contributed by atoms with E-state index in [-0.39, 0.29) is 11.5 Å². The van der Waals surface area contributed by atoms with Crippen LogP contribution in [0.2, 0.25) is 0 Å². The van der Waals surface area contributed by atoms with Crippen LogP contribution < -0.4 is 0 Å². The van der Waals surface area contributed by atoms with Gasteiger partial charge in [0, 0.05) is 5.56 Å². The lowest BCUT2D eigenvalue weighted by atomic mass is 9.84. The van der Waals surface area contributed by atoms with Gasteiger partial charge < -0.3 is 10.2 Å². The van der Waals surface area contributed by atoms with Crippen molar-refractivity contribution in [3.63, 3.8) is 0 Å². The molecule has 2 N–H and O–H groups in total. The van der Waals surface area contributed by atoms with Crippen LogP contribution in [0.1, 0.15) is 27.0 Å². The Hall–Kier alpha value is -2.13. The maximum atomic E-state index is 12.1. The fraction of sp³-hybridized carbons (Fsp3) is 0.188. The molecular formula is C16H14O3. The molecule has 1 unspecified atom stereocenters. The van der Waals surface area contributed by atoms with Gasteiger partial charge in [-0.05, 0) is 59.5 Å². The number of phenols is 1. The molecule has 0 saturated carbocycles. The van der Waals surface area contributed by atoms with Gasteiger partial charge in [-0.1, -0.05) is 12.1 Å². The maximum absolute atomic E-state index is 12.1. The molecule has 1 aliphatic rings. The number of aryl methyl sites for hydroxylation is 2. The topological polar surface area (TPSA) is 57.5 Å². The number of fused-ring (bicyclic) bond motifs is 2. The Bertz CT molecular complexity index is 741. The molecule has 3 heteroatoms. The number of rotatable bonds is 0. The Balaban J connectivity index is 2.49. The third kappa shape index (κ3) is 1.59. The summed E-state index contributed by atoms with van der Waals surface area (Å²) in [5.41, 5.74) is 3.23. The molecule has 1 atom stereocenters. The van der Waals surface area contributed by atoms with Gasteiger partial charge in [-0.2, -0.15) is 0 Å². The van der Waals surface area contributed by atoms with Gasteiger partial charge in [0.05, 0.1) is 0 Å². The minimum atomic E-state index is -1.06. The van der Waals surface area contributed by atoms with E-state index in [1.807, 2.05) is 19.9 Å². The number of carbonyl (C=O) groups excluding carboxylic acids is 1. The molecule has 0 amide bonds. The van der Waals surface area contributed by atoms with Crippen molar-refractivity contribution in [1.82, 2.24) is 0 Å². The fourth-order valence-corrected chi connectivity index (χ4v) is 2.79. The molecule has 3 rings (SSSR count). The molecule has 2 aromatic carbocycles. The van der Waals surface area contributed by atoms with E-state index in [0.717, 1.165) is 27.5 Å². The van der Waals surface area contributed by atoms with Crippen molar-refractivity contribution >= 4 is 22.6 Å². The Kier molecular flexibility index (Phi) is 2.47. The lowest BCUT2D eigenvalue weighted by Gasteiger charge is -2.21. The summed E-state index contributed by atoms with van der Waals surface area (Å²) in [6, 6.07) is 5.13. The predicted molar refractivity (Wildman–Crippen MR) is 74.5 cm³/mol. The molecule has 0 spiro atoms. The molecule has 0 heterocycles. The lowest BCUT2D eigenvalue weighted by Crippen LogP contribution is -2.23. The highest BCUT2D eigenvalue weighted by atomic mass is 16.3. The summed E-state index contributed by atoms with van der Waals surface area (Å²) in [6.07, 6.45) is 2.24. The van der Waals surface area contributed by atoms with E-state index < -0.39 is 6.10 Å². The highest BCUT2D eigenvalue weighted by Crippen LogP contribution is 2.35. The molecule has 0 radical (unpaired) electrons. The van der Waals surface area contributed by atoms with Crippen molar-refractivity contribution in [1.29, 1.82) is 0 Å². The number of ketones is 1. The highest BCUT2D eigenvalue weighted by molar-refractivity contribution is 6.12. The molecule has 2 aromatic rings. The molecule has 19 heavy (non-hydrogen) atoms. The number of Topliss-reactive ketones (excluding diaryl/α,β-unsaturated/α-hetero) is 1. The maximum Gasteiger partial charge on any atom is 0.196 e. The Morgan fingerprint density at radius 2 is 1.84 bits per heavy atom. The number of hydrogen-bond donors (Lipinski definition) is 2. The summed E-state index contributed by atoms with van der Waals surface area (Å²) in [4.78, 5) is 12.1. The first-order valence-corrected chi connectivity index (χ1v) is 6.17. The average molecular weight is 254 g/mol. The van der Waals surface area contributed by atoms with Crippen molar-refractivity contribution in [3.05, 3.63) is 46.5 Å². The monoisotopic (exact) mass is 254 g/mol. The number of aliphatic hydroxyl groups excluding tert-OH is 1. The molecule has 0 bridgehead atoms. The Labute approximate surface area is 110 Å². The quantitative estimate of drug-likeness (QED) is 0.760. The van der Waals surface area contributed by atoms with Crippen LogP contribution in [0.4, 0.5) is 0 Å². The highest BCUT2D eigenvalue weighted by Gasteiger charge is 2.26. The first kappa shape index (κ1) is 11.9. The minimum Gasteiger partial charge on any atom is -0.508 e. The summed E-state index contributed by atoms with van der Waals surface area (Å²) in [5.74, 6) is -0.0471. The van der Waals surface area contributed by atoms with Gasteiger partial charge in [-0.3, -0.25) is 4.79 Å². The van der Waals surface area contributed by atoms with Gasteiger partial charge in [-0.15, -0.1) is 0 Å². The normalized spacial score (nSPS) is 17.8. The largest absolute Gasteiger partial charge is 0.508 e. The second kappa shape index (κ2) is 3.93. The summed E-state index contributed by atoms with van der Waals surface area (Å²) < 4.78 is 0. The zero-order valence-corrected chi connectivity index (χ0v) is 10.8. The van der Waals surface area contributed by atoms with Gasteiger partial charge >= 0.3 is 0 Å². The Morgan fingerprint density at radius 3 is 2.58 bits per heavy atom. The molecule has 0 aliphatic heterocycles. The average Bonchev–Trinajstić information content (AvgIpc) is 2.39. The molecule has 96 valence electrons. The number of carbonyl (C=O) groups is 1. The van der Waals surface area contributed by atoms with Crippen LogP contribution in [0.5, 0.6) is 5.75 Å². The second-order valence-electron chi connectivity index (χ2n) is 4.94. The van der Waals surface area contributed by atoms with E-state index in [4.69, 9.17) is 0 Å². The second-order valence-corrected chi connectivity index (χ2v) is 4.94. The SMILES string of the molecule is Cc1c2c(c(C)c3ccc(O)cc13)C(=O)C(O)C=C2. The summed E-state index contributed by atoms with van der Waals surface area (Å²) >= 11 is 0. The third-order valence-corrected chi connectivity index (χ3v) is 3.82. The first-order chi connectivity index (χ1) is 9.00. The van der Waals surface area contributed by atoms with Crippen molar-refractivity contribution in [2.24, 2.45) is 0 Å². The molecule has 0 aromatic heterocycles. The van der Waals surface area contributed by atoms with E-state index in [9.17, 15) is 15.0 Å². The van der Waals surface area contributed by atoms with Crippen LogP contribution in [0, 0.1) is 13.8 Å². The van der Waals surface area contributed by atoms with Gasteiger partial charge in [0.2, 0.25) is 0 Å². The van der Waals surface area contributed by atoms with Crippen molar-refractivity contribution < 1.29 is 15.0 Å². The zero-order valence-electron chi connectivity index (χ0n) is 10.8. The Morgan fingerprint density at radius 1 is 1.11 bits per heavy atom. The molecular weight excluding hydrogens is 240 g/mol. The molecule has 1 aliphatic carbocycles. The number of aliphatic hydroxyl groups is 1. The predicted octanol–water partition coefficient (Wildman–Crippen LogP) is 2.73. The molecule has 3 nitrogen and oxygen atoms in total. The third-order valence-electron chi connectivity index (χ3n) is 3.82. The van der Waals surface area contributed by atoms with Crippen LogP contribution in [0.25, 0.3) is 16.8 Å². The number of benzene rings is 2. The van der Waals surface area contributed by atoms with E-state index in [1.165, 1.54) is 6.08 Å². The van der Waals surface area contributed by atoms with Gasteiger partial charge in [-0.25, -0.2) is 0 Å². The number of aromatic hydroxyl groups is 1. The van der Waals surface area contributed by atoms with Crippen LogP contribution in [0.15, 0.2) is 24.3 Å². The van der Waals surface area contributed by atoms with E-state index >= 15 is 0 Å². The number of phenolic OH excluding ortho intramolecular Hbond substituents is 1. The minimum absolute atomic E-state index is 0.209. The van der Waals surface area contributed by atoms with Gasteiger partial charge in [0.15, 0.2) is 5.78 Å². The fourth-order valence-electron chi connectivity index (χ4n) is 2.79. The van der Waals surface area contributed by atoms with Crippen LogP contribution in [-0.4, -0.2) is 22.1 Å². The van der Waals surface area contributed by atoms with Crippen LogP contribution in [0.3, 0.4) is 0 Å². The molecule has 0 fully saturated rings. The van der Waals surface area contributed by atoms with Gasteiger partial charge in [0.25, 0.3) is 0 Å². The van der Waals surface area contributed by atoms with E-state index in [0.29, 0.717) is 5.56 Å². The standard InChI is InChI=1S/C16H14O3/c1-8-12-5-6-14(18)16(19)15(12)9(2)11-4-3-10(17)7-13(8)11/h3-7,14,17-18H,1-2H3. The van der Waals surface area contributed by atoms with Gasteiger partial charge in [0.1, 0.15) is 11.9 Å². The van der Waals surface area contributed by atoms with Crippen LogP contribution >= 0.6 is 0 Å². The smallest absolute Gasteiger partial charge is 0.196 e. The molecule has 0 saturated heterocycles. The van der Waals surface area contributed by atoms with Crippen molar-refractivity contribution in [2.45, 2.75) is 20.0 Å². The lowest BCUT2D eigenvalue weighted by molar-refractivity contribution is 0.0817. The summed E-state index contributed by atoms with van der Waals surface area (Å²) in [7, 11) is 0. The van der Waals surface area contributed by atoms with Crippen LogP contribution in [-0.2, 0) is 0 Å². The summed E-state index contributed by atoms with van der Waals surface area (Å²) in [6.45, 7) is 3.80.